The Kier molecular flexibility index (Phi) is 5.53. The number of carbonyl (C=O) groups excluding carboxylic acids is 1. The van der Waals surface area contributed by atoms with Crippen LogP contribution in [-0.4, -0.2) is 15.9 Å². The minimum Gasteiger partial charge on any atom is -0.366 e. The fourth-order valence-corrected chi connectivity index (χ4v) is 2.51. The SMILES string of the molecule is CCc1ccccc1NC(=O)c1cc(NCc2ccc(F)cc2)ncn1. The number of rotatable bonds is 6. The van der Waals surface area contributed by atoms with Crippen molar-refractivity contribution in [2.75, 3.05) is 10.6 Å². The first-order chi connectivity index (χ1) is 12.7. The van der Waals surface area contributed by atoms with Crippen LogP contribution in [0.15, 0.2) is 60.9 Å². The molecular weight excluding hydrogens is 331 g/mol. The lowest BCUT2D eigenvalue weighted by atomic mass is 10.1. The van der Waals surface area contributed by atoms with Crippen LogP contribution in [-0.2, 0) is 13.0 Å². The van der Waals surface area contributed by atoms with Gasteiger partial charge in [-0.05, 0) is 35.7 Å². The quantitative estimate of drug-likeness (QED) is 0.704. The summed E-state index contributed by atoms with van der Waals surface area (Å²) in [5, 5.41) is 5.99. The van der Waals surface area contributed by atoms with Gasteiger partial charge in [0.25, 0.3) is 5.91 Å². The molecule has 0 saturated heterocycles. The summed E-state index contributed by atoms with van der Waals surface area (Å²) in [5.74, 6) is -0.0431. The lowest BCUT2D eigenvalue weighted by molar-refractivity contribution is 0.102. The van der Waals surface area contributed by atoms with Crippen LogP contribution >= 0.6 is 0 Å². The first-order valence-corrected chi connectivity index (χ1v) is 8.35. The van der Waals surface area contributed by atoms with Gasteiger partial charge in [0, 0.05) is 18.3 Å². The van der Waals surface area contributed by atoms with Gasteiger partial charge >= 0.3 is 0 Å². The Balaban J connectivity index is 1.68. The number of anilines is 2. The zero-order chi connectivity index (χ0) is 18.4. The van der Waals surface area contributed by atoms with E-state index < -0.39 is 0 Å². The summed E-state index contributed by atoms with van der Waals surface area (Å²) in [6, 6.07) is 15.4. The van der Waals surface area contributed by atoms with Gasteiger partial charge in [-0.2, -0.15) is 0 Å². The van der Waals surface area contributed by atoms with Crippen LogP contribution < -0.4 is 10.6 Å². The second-order valence-corrected chi connectivity index (χ2v) is 5.73. The van der Waals surface area contributed by atoms with E-state index in [0.717, 1.165) is 23.2 Å². The summed E-state index contributed by atoms with van der Waals surface area (Å²) in [6.45, 7) is 2.50. The molecule has 0 aliphatic carbocycles. The van der Waals surface area contributed by atoms with Crippen molar-refractivity contribution in [2.45, 2.75) is 19.9 Å². The van der Waals surface area contributed by atoms with Crippen LogP contribution in [0, 0.1) is 5.82 Å². The number of halogens is 1. The maximum absolute atomic E-state index is 12.9. The summed E-state index contributed by atoms with van der Waals surface area (Å²) in [7, 11) is 0. The fraction of sp³-hybridized carbons (Fsp3) is 0.150. The van der Waals surface area contributed by atoms with Crippen molar-refractivity contribution < 1.29 is 9.18 Å². The molecule has 1 heterocycles. The van der Waals surface area contributed by atoms with Gasteiger partial charge in [-0.1, -0.05) is 37.3 Å². The number of benzene rings is 2. The van der Waals surface area contributed by atoms with E-state index in [2.05, 4.69) is 20.6 Å². The van der Waals surface area contributed by atoms with Crippen LogP contribution in [0.3, 0.4) is 0 Å². The number of para-hydroxylation sites is 1. The second-order valence-electron chi connectivity index (χ2n) is 5.73. The van der Waals surface area contributed by atoms with E-state index >= 15 is 0 Å². The zero-order valence-corrected chi connectivity index (χ0v) is 14.4. The molecule has 0 unspecified atom stereocenters. The number of nitrogens with zero attached hydrogens (tertiary/aromatic N) is 2. The zero-order valence-electron chi connectivity index (χ0n) is 14.4. The fourth-order valence-electron chi connectivity index (χ4n) is 2.51. The molecule has 6 heteroatoms. The highest BCUT2D eigenvalue weighted by atomic mass is 19.1. The maximum Gasteiger partial charge on any atom is 0.274 e. The molecule has 1 amide bonds. The summed E-state index contributed by atoms with van der Waals surface area (Å²) < 4.78 is 12.9. The van der Waals surface area contributed by atoms with Crippen molar-refractivity contribution >= 4 is 17.4 Å². The molecule has 3 rings (SSSR count). The molecule has 1 aromatic heterocycles. The van der Waals surface area contributed by atoms with E-state index in [4.69, 9.17) is 0 Å². The van der Waals surface area contributed by atoms with Crippen LogP contribution in [0.2, 0.25) is 0 Å². The molecule has 5 nitrogen and oxygen atoms in total. The number of amides is 1. The molecule has 0 bridgehead atoms. The van der Waals surface area contributed by atoms with Gasteiger partial charge < -0.3 is 10.6 Å². The van der Waals surface area contributed by atoms with Crippen LogP contribution in [0.1, 0.15) is 28.5 Å². The topological polar surface area (TPSA) is 66.9 Å². The van der Waals surface area contributed by atoms with Gasteiger partial charge in [-0.15, -0.1) is 0 Å². The van der Waals surface area contributed by atoms with Crippen molar-refractivity contribution in [1.29, 1.82) is 0 Å². The minimum absolute atomic E-state index is 0.271. The molecule has 2 N–H and O–H groups in total. The van der Waals surface area contributed by atoms with Crippen molar-refractivity contribution in [2.24, 2.45) is 0 Å². The van der Waals surface area contributed by atoms with Crippen molar-refractivity contribution in [3.63, 3.8) is 0 Å². The van der Waals surface area contributed by atoms with E-state index in [1.165, 1.54) is 18.5 Å². The molecular formula is C20H19FN4O. The van der Waals surface area contributed by atoms with Crippen molar-refractivity contribution in [3.05, 3.63) is 83.6 Å². The molecule has 0 spiro atoms. The van der Waals surface area contributed by atoms with E-state index in [9.17, 15) is 9.18 Å². The molecule has 0 aliphatic heterocycles. The molecule has 26 heavy (non-hydrogen) atoms. The highest BCUT2D eigenvalue weighted by Crippen LogP contribution is 2.17. The molecule has 132 valence electrons. The predicted octanol–water partition coefficient (Wildman–Crippen LogP) is 4.04. The number of aryl methyl sites for hydroxylation is 1. The van der Waals surface area contributed by atoms with Crippen molar-refractivity contribution in [3.8, 4) is 0 Å². The highest BCUT2D eigenvalue weighted by molar-refractivity contribution is 6.03. The first-order valence-electron chi connectivity index (χ1n) is 8.35. The normalized spacial score (nSPS) is 10.4. The Morgan fingerprint density at radius 3 is 2.62 bits per heavy atom. The maximum atomic E-state index is 12.9. The lowest BCUT2D eigenvalue weighted by Gasteiger charge is -2.10. The standard InChI is InChI=1S/C20H19FN4O/c1-2-15-5-3-4-6-17(15)25-20(26)18-11-19(24-13-23-18)22-12-14-7-9-16(21)10-8-14/h3-11,13H,2,12H2,1H3,(H,25,26)(H,22,23,24). The van der Waals surface area contributed by atoms with Crippen molar-refractivity contribution in [1.82, 2.24) is 9.97 Å². The third-order valence-electron chi connectivity index (χ3n) is 3.93. The Hall–Kier alpha value is -3.28. The first kappa shape index (κ1) is 17.5. The molecule has 0 saturated carbocycles. The second kappa shape index (κ2) is 8.20. The molecule has 0 radical (unpaired) electrons. The smallest absolute Gasteiger partial charge is 0.274 e. The van der Waals surface area contributed by atoms with E-state index in [-0.39, 0.29) is 17.4 Å². The number of hydrogen-bond donors (Lipinski definition) is 2. The molecule has 3 aromatic rings. The Morgan fingerprint density at radius 1 is 1.08 bits per heavy atom. The largest absolute Gasteiger partial charge is 0.366 e. The van der Waals surface area contributed by atoms with Gasteiger partial charge in [0.2, 0.25) is 0 Å². The summed E-state index contributed by atoms with van der Waals surface area (Å²) in [4.78, 5) is 20.6. The van der Waals surface area contributed by atoms with E-state index in [1.807, 2.05) is 31.2 Å². The predicted molar refractivity (Wildman–Crippen MR) is 99.5 cm³/mol. The van der Waals surface area contributed by atoms with Gasteiger partial charge in [0.15, 0.2) is 0 Å². The summed E-state index contributed by atoms with van der Waals surface area (Å²) in [6.07, 6.45) is 2.17. The van der Waals surface area contributed by atoms with Crippen LogP contribution in [0.4, 0.5) is 15.9 Å². The molecule has 0 aliphatic rings. The average molecular weight is 350 g/mol. The van der Waals surface area contributed by atoms with Gasteiger partial charge in [-0.25, -0.2) is 14.4 Å². The number of hydrogen-bond acceptors (Lipinski definition) is 4. The summed E-state index contributed by atoms with van der Waals surface area (Å²) >= 11 is 0. The Bertz CT molecular complexity index is 896. The Labute approximate surface area is 151 Å². The Morgan fingerprint density at radius 2 is 1.85 bits per heavy atom. The monoisotopic (exact) mass is 350 g/mol. The van der Waals surface area contributed by atoms with Crippen LogP contribution in [0.25, 0.3) is 0 Å². The highest BCUT2D eigenvalue weighted by Gasteiger charge is 2.11. The summed E-state index contributed by atoms with van der Waals surface area (Å²) in [5.41, 5.74) is 3.02. The number of aromatic nitrogens is 2. The average Bonchev–Trinajstić information content (AvgIpc) is 2.68. The molecule has 0 atom stereocenters. The minimum atomic E-state index is -0.293. The van der Waals surface area contributed by atoms with E-state index in [0.29, 0.717) is 12.4 Å². The number of nitrogens with one attached hydrogen (secondary N) is 2. The van der Waals surface area contributed by atoms with Gasteiger partial charge in [0.1, 0.15) is 23.7 Å². The molecule has 2 aromatic carbocycles. The third-order valence-corrected chi connectivity index (χ3v) is 3.93. The lowest BCUT2D eigenvalue weighted by Crippen LogP contribution is -2.15. The van der Waals surface area contributed by atoms with E-state index in [1.54, 1.807) is 18.2 Å². The molecule has 0 fully saturated rings. The third kappa shape index (κ3) is 4.42. The van der Waals surface area contributed by atoms with Crippen LogP contribution in [0.5, 0.6) is 0 Å². The number of carbonyl (C=O) groups is 1. The van der Waals surface area contributed by atoms with Gasteiger partial charge in [-0.3, -0.25) is 4.79 Å². The van der Waals surface area contributed by atoms with Gasteiger partial charge in [0.05, 0.1) is 0 Å².